The van der Waals surface area contributed by atoms with Gasteiger partial charge in [0.25, 0.3) is 0 Å². The first-order valence-electron chi connectivity index (χ1n) is 6.62. The van der Waals surface area contributed by atoms with E-state index in [-0.39, 0.29) is 11.9 Å². The minimum atomic E-state index is -0.184. The average molecular weight is 330 g/mol. The van der Waals surface area contributed by atoms with Crippen LogP contribution in [0.4, 0.5) is 4.39 Å². The van der Waals surface area contributed by atoms with Gasteiger partial charge in [-0.2, -0.15) is 0 Å². The van der Waals surface area contributed by atoms with Crippen LogP contribution >= 0.6 is 15.9 Å². The van der Waals surface area contributed by atoms with E-state index in [0.29, 0.717) is 18.2 Å². The van der Waals surface area contributed by atoms with E-state index in [4.69, 9.17) is 5.73 Å². The van der Waals surface area contributed by atoms with Gasteiger partial charge in [-0.25, -0.2) is 4.39 Å². The Bertz CT molecular complexity index is 441. The van der Waals surface area contributed by atoms with Gasteiger partial charge in [0.15, 0.2) is 0 Å². The second-order valence-electron chi connectivity index (χ2n) is 5.24. The summed E-state index contributed by atoms with van der Waals surface area (Å²) in [5, 5.41) is 0. The van der Waals surface area contributed by atoms with Crippen LogP contribution in [0.2, 0.25) is 0 Å². The van der Waals surface area contributed by atoms with Crippen molar-refractivity contribution >= 4 is 15.9 Å². The molecule has 0 spiro atoms. The lowest BCUT2D eigenvalue weighted by Crippen LogP contribution is -2.52. The van der Waals surface area contributed by atoms with Crippen LogP contribution in [0.5, 0.6) is 0 Å². The summed E-state index contributed by atoms with van der Waals surface area (Å²) in [6.45, 7) is 5.48. The highest BCUT2D eigenvalue weighted by atomic mass is 79.9. The maximum Gasteiger partial charge on any atom is 0.129 e. The van der Waals surface area contributed by atoms with Crippen LogP contribution in [0.25, 0.3) is 0 Å². The predicted octanol–water partition coefficient (Wildman–Crippen LogP) is 2.22. The molecule has 2 atom stereocenters. The smallest absolute Gasteiger partial charge is 0.129 e. The van der Waals surface area contributed by atoms with Crippen LogP contribution in [-0.2, 0) is 0 Å². The Morgan fingerprint density at radius 2 is 2.21 bits per heavy atom. The molecular formula is C14H21BrFN3. The molecule has 2 rings (SSSR count). The van der Waals surface area contributed by atoms with E-state index in [2.05, 4.69) is 39.7 Å². The fourth-order valence-electron chi connectivity index (χ4n) is 2.60. The monoisotopic (exact) mass is 329 g/mol. The second-order valence-corrected chi connectivity index (χ2v) is 6.16. The van der Waals surface area contributed by atoms with Crippen LogP contribution in [0.15, 0.2) is 22.7 Å². The van der Waals surface area contributed by atoms with Gasteiger partial charge in [-0.05, 0) is 26.1 Å². The second kappa shape index (κ2) is 6.31. The van der Waals surface area contributed by atoms with E-state index in [1.165, 1.54) is 6.07 Å². The third kappa shape index (κ3) is 3.34. The number of benzene rings is 1. The van der Waals surface area contributed by atoms with Crippen molar-refractivity contribution < 1.29 is 4.39 Å². The Labute approximate surface area is 122 Å². The van der Waals surface area contributed by atoms with Crippen LogP contribution in [0.3, 0.4) is 0 Å². The predicted molar refractivity (Wildman–Crippen MR) is 79.6 cm³/mol. The fourth-order valence-corrected chi connectivity index (χ4v) is 2.94. The van der Waals surface area contributed by atoms with Gasteiger partial charge in [0, 0.05) is 42.3 Å². The maximum atomic E-state index is 14.1. The summed E-state index contributed by atoms with van der Waals surface area (Å²) in [6, 6.07) is 5.66. The molecule has 0 bridgehead atoms. The molecule has 1 fully saturated rings. The lowest BCUT2D eigenvalue weighted by molar-refractivity contribution is 0.0729. The van der Waals surface area contributed by atoms with Crippen LogP contribution in [0, 0.1) is 5.82 Å². The first-order valence-corrected chi connectivity index (χ1v) is 7.41. The average Bonchev–Trinajstić information content (AvgIpc) is 2.37. The van der Waals surface area contributed by atoms with Gasteiger partial charge in [0.1, 0.15) is 5.82 Å². The van der Waals surface area contributed by atoms with Gasteiger partial charge in [0.05, 0.1) is 6.04 Å². The Morgan fingerprint density at radius 1 is 1.47 bits per heavy atom. The molecule has 0 amide bonds. The SMILES string of the molecule is CC1CN(C(CN)c2ccc(Br)cc2F)CCN1C. The van der Waals surface area contributed by atoms with Crippen LogP contribution in [0.1, 0.15) is 18.5 Å². The highest BCUT2D eigenvalue weighted by Gasteiger charge is 2.28. The number of halogens is 2. The molecule has 2 N–H and O–H groups in total. The van der Waals surface area contributed by atoms with E-state index >= 15 is 0 Å². The third-order valence-corrected chi connectivity index (χ3v) is 4.47. The Morgan fingerprint density at radius 3 is 2.79 bits per heavy atom. The van der Waals surface area contributed by atoms with Crippen molar-refractivity contribution in [1.82, 2.24) is 9.80 Å². The summed E-state index contributed by atoms with van der Waals surface area (Å²) in [5.74, 6) is -0.184. The Hall–Kier alpha value is -0.490. The number of likely N-dealkylation sites (N-methyl/N-ethyl adjacent to an activating group) is 1. The normalized spacial score (nSPS) is 23.5. The Kier molecular flexibility index (Phi) is 4.95. The van der Waals surface area contributed by atoms with Crippen molar-refractivity contribution in [1.29, 1.82) is 0 Å². The molecule has 1 aromatic carbocycles. The van der Waals surface area contributed by atoms with Crippen molar-refractivity contribution in [2.75, 3.05) is 33.2 Å². The first-order chi connectivity index (χ1) is 9.02. The van der Waals surface area contributed by atoms with Crippen molar-refractivity contribution in [3.05, 3.63) is 34.1 Å². The molecule has 5 heteroatoms. The maximum absolute atomic E-state index is 14.1. The number of nitrogens with two attached hydrogens (primary N) is 1. The lowest BCUT2D eigenvalue weighted by Gasteiger charge is -2.41. The number of nitrogens with zero attached hydrogens (tertiary/aromatic N) is 2. The molecule has 2 unspecified atom stereocenters. The highest BCUT2D eigenvalue weighted by Crippen LogP contribution is 2.26. The van der Waals surface area contributed by atoms with Gasteiger partial charge >= 0.3 is 0 Å². The molecule has 1 heterocycles. The minimum absolute atomic E-state index is 0.0377. The number of piperazine rings is 1. The molecule has 0 saturated carbocycles. The van der Waals surface area contributed by atoms with Gasteiger partial charge < -0.3 is 10.6 Å². The number of hydrogen-bond donors (Lipinski definition) is 1. The van der Waals surface area contributed by atoms with Crippen LogP contribution < -0.4 is 5.73 Å². The van der Waals surface area contributed by atoms with E-state index in [9.17, 15) is 4.39 Å². The lowest BCUT2D eigenvalue weighted by atomic mass is 10.0. The molecule has 1 aliphatic heterocycles. The molecule has 3 nitrogen and oxygen atoms in total. The van der Waals surface area contributed by atoms with Crippen LogP contribution in [-0.4, -0.2) is 49.1 Å². The minimum Gasteiger partial charge on any atom is -0.329 e. The largest absolute Gasteiger partial charge is 0.329 e. The standard InChI is InChI=1S/C14H21BrFN3/c1-10-9-19(6-5-18(10)2)14(8-17)12-4-3-11(15)7-13(12)16/h3-4,7,10,14H,5-6,8-9,17H2,1-2H3. The van der Waals surface area contributed by atoms with Gasteiger partial charge in [-0.15, -0.1) is 0 Å². The van der Waals surface area contributed by atoms with Gasteiger partial charge in [-0.1, -0.05) is 22.0 Å². The van der Waals surface area contributed by atoms with E-state index < -0.39 is 0 Å². The third-order valence-electron chi connectivity index (χ3n) is 3.98. The molecular weight excluding hydrogens is 309 g/mol. The summed E-state index contributed by atoms with van der Waals surface area (Å²) in [4.78, 5) is 4.61. The molecule has 0 radical (unpaired) electrons. The summed E-state index contributed by atoms with van der Waals surface area (Å²) in [6.07, 6.45) is 0. The molecule has 19 heavy (non-hydrogen) atoms. The highest BCUT2D eigenvalue weighted by molar-refractivity contribution is 9.10. The topological polar surface area (TPSA) is 32.5 Å². The quantitative estimate of drug-likeness (QED) is 0.922. The summed E-state index contributed by atoms with van der Waals surface area (Å²) in [5.41, 5.74) is 6.59. The van der Waals surface area contributed by atoms with Crippen molar-refractivity contribution in [2.24, 2.45) is 5.73 Å². The molecule has 1 aromatic rings. The van der Waals surface area contributed by atoms with E-state index in [1.54, 1.807) is 0 Å². The molecule has 106 valence electrons. The number of hydrogen-bond acceptors (Lipinski definition) is 3. The fraction of sp³-hybridized carbons (Fsp3) is 0.571. The molecule has 1 aliphatic rings. The molecule has 1 saturated heterocycles. The van der Waals surface area contributed by atoms with Crippen molar-refractivity contribution in [3.8, 4) is 0 Å². The van der Waals surface area contributed by atoms with Crippen molar-refractivity contribution in [2.45, 2.75) is 19.0 Å². The zero-order valence-electron chi connectivity index (χ0n) is 11.4. The van der Waals surface area contributed by atoms with E-state index in [0.717, 1.165) is 24.1 Å². The number of rotatable bonds is 3. The van der Waals surface area contributed by atoms with E-state index in [1.807, 2.05) is 12.1 Å². The van der Waals surface area contributed by atoms with Gasteiger partial charge in [-0.3, -0.25) is 4.90 Å². The molecule has 0 aromatic heterocycles. The van der Waals surface area contributed by atoms with Crippen molar-refractivity contribution in [3.63, 3.8) is 0 Å². The summed E-state index contributed by atoms with van der Waals surface area (Å²) >= 11 is 3.29. The zero-order valence-corrected chi connectivity index (χ0v) is 13.0. The molecule has 0 aliphatic carbocycles. The zero-order chi connectivity index (χ0) is 14.0. The van der Waals surface area contributed by atoms with Gasteiger partial charge in [0.2, 0.25) is 0 Å². The summed E-state index contributed by atoms with van der Waals surface area (Å²) in [7, 11) is 2.12. The first kappa shape index (κ1) is 14.9. The Balaban J connectivity index is 2.20. The summed E-state index contributed by atoms with van der Waals surface area (Å²) < 4.78 is 14.9.